The fraction of sp³-hybridized carbons (Fsp3) is 0.588. The van der Waals surface area contributed by atoms with Crippen molar-refractivity contribution in [3.8, 4) is 5.75 Å². The number of hydrogen-bond acceptors (Lipinski definition) is 3. The molecule has 5 heteroatoms. The van der Waals surface area contributed by atoms with E-state index in [-0.39, 0.29) is 18.4 Å². The van der Waals surface area contributed by atoms with Crippen LogP contribution < -0.4 is 10.1 Å². The van der Waals surface area contributed by atoms with Crippen LogP contribution in [0.3, 0.4) is 0 Å². The van der Waals surface area contributed by atoms with Crippen molar-refractivity contribution in [2.24, 2.45) is 0 Å². The summed E-state index contributed by atoms with van der Waals surface area (Å²) < 4.78 is 24.2. The van der Waals surface area contributed by atoms with Gasteiger partial charge in [0.15, 0.2) is 0 Å². The molecule has 1 aromatic rings. The molecule has 122 valence electrons. The standard InChI is InChI=1S/C17H24FNO3/c1-13(2)22-15-5-3-4-14(10-15)11-16(20)19-17(12-18)6-8-21-9-7-17/h3-5,10,13H,6-9,11-12H2,1-2H3,(H,19,20). The zero-order valence-electron chi connectivity index (χ0n) is 13.2. The van der Waals surface area contributed by atoms with Gasteiger partial charge in [0.2, 0.25) is 5.91 Å². The number of alkyl halides is 1. The van der Waals surface area contributed by atoms with E-state index in [1.807, 2.05) is 38.1 Å². The van der Waals surface area contributed by atoms with Gasteiger partial charge in [-0.25, -0.2) is 4.39 Å². The fourth-order valence-electron chi connectivity index (χ4n) is 2.58. The zero-order chi connectivity index (χ0) is 16.0. The summed E-state index contributed by atoms with van der Waals surface area (Å²) in [6, 6.07) is 7.45. The lowest BCUT2D eigenvalue weighted by Gasteiger charge is -2.35. The summed E-state index contributed by atoms with van der Waals surface area (Å²) in [6.45, 7) is 4.33. The van der Waals surface area contributed by atoms with Crippen LogP contribution >= 0.6 is 0 Å². The maximum atomic E-state index is 13.4. The van der Waals surface area contributed by atoms with Gasteiger partial charge in [0.25, 0.3) is 0 Å². The van der Waals surface area contributed by atoms with Crippen LogP contribution in [0.25, 0.3) is 0 Å². The highest BCUT2D eigenvalue weighted by molar-refractivity contribution is 5.79. The molecular weight excluding hydrogens is 285 g/mol. The second kappa shape index (κ2) is 7.58. The quantitative estimate of drug-likeness (QED) is 0.879. The SMILES string of the molecule is CC(C)Oc1cccc(CC(=O)NC2(CF)CCOCC2)c1. The molecule has 1 fully saturated rings. The van der Waals surface area contributed by atoms with Crippen LogP contribution in [0.15, 0.2) is 24.3 Å². The lowest BCUT2D eigenvalue weighted by molar-refractivity contribution is -0.124. The summed E-state index contributed by atoms with van der Waals surface area (Å²) in [6.07, 6.45) is 1.34. The Hall–Kier alpha value is -1.62. The van der Waals surface area contributed by atoms with Crippen LogP contribution in [-0.4, -0.2) is 37.4 Å². The number of ether oxygens (including phenoxy) is 2. The number of carbonyl (C=O) groups is 1. The number of hydrogen-bond donors (Lipinski definition) is 1. The molecule has 0 unspecified atom stereocenters. The molecule has 1 aliphatic heterocycles. The minimum absolute atomic E-state index is 0.0844. The van der Waals surface area contributed by atoms with Crippen LogP contribution in [0, 0.1) is 0 Å². The van der Waals surface area contributed by atoms with Crippen molar-refractivity contribution >= 4 is 5.91 Å². The molecule has 0 radical (unpaired) electrons. The van der Waals surface area contributed by atoms with Crippen molar-refractivity contribution in [1.29, 1.82) is 0 Å². The van der Waals surface area contributed by atoms with E-state index < -0.39 is 12.2 Å². The van der Waals surface area contributed by atoms with Crippen LogP contribution in [-0.2, 0) is 16.0 Å². The number of rotatable bonds is 6. The second-order valence-corrected chi connectivity index (χ2v) is 6.07. The molecule has 0 atom stereocenters. The lowest BCUT2D eigenvalue weighted by atomic mass is 9.91. The third-order valence-electron chi connectivity index (χ3n) is 3.75. The van der Waals surface area contributed by atoms with Crippen molar-refractivity contribution in [3.05, 3.63) is 29.8 Å². The molecule has 4 nitrogen and oxygen atoms in total. The number of amides is 1. The maximum absolute atomic E-state index is 13.4. The monoisotopic (exact) mass is 309 g/mol. The highest BCUT2D eigenvalue weighted by Crippen LogP contribution is 2.22. The van der Waals surface area contributed by atoms with E-state index in [9.17, 15) is 9.18 Å². The van der Waals surface area contributed by atoms with Crippen molar-refractivity contribution in [2.45, 2.75) is 44.8 Å². The van der Waals surface area contributed by atoms with Gasteiger partial charge in [0.05, 0.1) is 18.1 Å². The molecule has 0 aliphatic carbocycles. The first-order valence-electron chi connectivity index (χ1n) is 7.73. The van der Waals surface area contributed by atoms with Crippen LogP contribution in [0.2, 0.25) is 0 Å². The van der Waals surface area contributed by atoms with Gasteiger partial charge in [0, 0.05) is 13.2 Å². The predicted octanol–water partition coefficient (Wildman–Crippen LogP) is 2.65. The highest BCUT2D eigenvalue weighted by Gasteiger charge is 2.34. The number of carbonyl (C=O) groups excluding carboxylic acids is 1. The zero-order valence-corrected chi connectivity index (χ0v) is 13.2. The minimum Gasteiger partial charge on any atom is -0.491 e. The van der Waals surface area contributed by atoms with Crippen LogP contribution in [0.4, 0.5) is 4.39 Å². The first kappa shape index (κ1) is 16.7. The topological polar surface area (TPSA) is 47.6 Å². The summed E-state index contributed by atoms with van der Waals surface area (Å²) in [5, 5.41) is 2.86. The van der Waals surface area contributed by atoms with Gasteiger partial charge in [-0.15, -0.1) is 0 Å². The van der Waals surface area contributed by atoms with E-state index in [0.29, 0.717) is 26.1 Å². The Morgan fingerprint density at radius 2 is 2.14 bits per heavy atom. The predicted molar refractivity (Wildman–Crippen MR) is 82.8 cm³/mol. The third-order valence-corrected chi connectivity index (χ3v) is 3.75. The molecule has 1 N–H and O–H groups in total. The fourth-order valence-corrected chi connectivity index (χ4v) is 2.58. The molecule has 0 aromatic heterocycles. The van der Waals surface area contributed by atoms with Crippen LogP contribution in [0.5, 0.6) is 5.75 Å². The first-order chi connectivity index (χ1) is 10.5. The number of benzene rings is 1. The van der Waals surface area contributed by atoms with E-state index in [2.05, 4.69) is 5.32 Å². The highest BCUT2D eigenvalue weighted by atomic mass is 19.1. The van der Waals surface area contributed by atoms with Gasteiger partial charge in [-0.2, -0.15) is 0 Å². The average Bonchev–Trinajstić information content (AvgIpc) is 2.47. The summed E-state index contributed by atoms with van der Waals surface area (Å²) in [5.74, 6) is 0.577. The Kier molecular flexibility index (Phi) is 5.77. The molecule has 1 saturated heterocycles. The molecule has 1 heterocycles. The molecule has 1 amide bonds. The average molecular weight is 309 g/mol. The van der Waals surface area contributed by atoms with E-state index in [1.165, 1.54) is 0 Å². The Morgan fingerprint density at radius 3 is 2.77 bits per heavy atom. The van der Waals surface area contributed by atoms with E-state index >= 15 is 0 Å². The lowest BCUT2D eigenvalue weighted by Crippen LogP contribution is -2.54. The van der Waals surface area contributed by atoms with Gasteiger partial charge < -0.3 is 14.8 Å². The van der Waals surface area contributed by atoms with E-state index in [0.717, 1.165) is 11.3 Å². The Bertz CT molecular complexity index is 498. The third kappa shape index (κ3) is 4.70. The minimum atomic E-state index is -0.763. The van der Waals surface area contributed by atoms with Gasteiger partial charge in [-0.3, -0.25) is 4.79 Å². The molecule has 0 spiro atoms. The number of halogens is 1. The smallest absolute Gasteiger partial charge is 0.224 e. The Labute approximate surface area is 131 Å². The molecule has 1 aromatic carbocycles. The molecule has 1 aliphatic rings. The first-order valence-corrected chi connectivity index (χ1v) is 7.73. The molecule has 2 rings (SSSR count). The van der Waals surface area contributed by atoms with Crippen molar-refractivity contribution in [3.63, 3.8) is 0 Å². The summed E-state index contributed by atoms with van der Waals surface area (Å²) in [4.78, 5) is 12.2. The van der Waals surface area contributed by atoms with Crippen molar-refractivity contribution < 1.29 is 18.7 Å². The van der Waals surface area contributed by atoms with E-state index in [4.69, 9.17) is 9.47 Å². The largest absolute Gasteiger partial charge is 0.491 e. The molecular formula is C17H24FNO3. The Balaban J connectivity index is 1.96. The van der Waals surface area contributed by atoms with Crippen molar-refractivity contribution in [1.82, 2.24) is 5.32 Å². The molecule has 22 heavy (non-hydrogen) atoms. The normalized spacial score (nSPS) is 17.3. The van der Waals surface area contributed by atoms with Gasteiger partial charge in [-0.05, 0) is 44.4 Å². The Morgan fingerprint density at radius 1 is 1.41 bits per heavy atom. The van der Waals surface area contributed by atoms with Gasteiger partial charge >= 0.3 is 0 Å². The van der Waals surface area contributed by atoms with Gasteiger partial charge in [-0.1, -0.05) is 12.1 Å². The second-order valence-electron chi connectivity index (χ2n) is 6.07. The van der Waals surface area contributed by atoms with Crippen LogP contribution in [0.1, 0.15) is 32.3 Å². The van der Waals surface area contributed by atoms with E-state index in [1.54, 1.807) is 0 Å². The summed E-state index contributed by atoms with van der Waals surface area (Å²) >= 11 is 0. The molecule has 0 bridgehead atoms. The van der Waals surface area contributed by atoms with Gasteiger partial charge in [0.1, 0.15) is 12.4 Å². The maximum Gasteiger partial charge on any atom is 0.224 e. The molecule has 0 saturated carbocycles. The number of nitrogens with one attached hydrogen (secondary N) is 1. The summed E-state index contributed by atoms with van der Waals surface area (Å²) in [5.41, 5.74) is 0.0955. The summed E-state index contributed by atoms with van der Waals surface area (Å²) in [7, 11) is 0. The van der Waals surface area contributed by atoms with Crippen molar-refractivity contribution in [2.75, 3.05) is 19.9 Å².